The Kier molecular flexibility index (Phi) is 2.86. The van der Waals surface area contributed by atoms with E-state index in [-0.39, 0.29) is 12.6 Å². The maximum Gasteiger partial charge on any atom is 0.0964 e. The maximum atomic E-state index is 9.37. The van der Waals surface area contributed by atoms with Gasteiger partial charge >= 0.3 is 0 Å². The van der Waals surface area contributed by atoms with Crippen LogP contribution in [0.4, 0.5) is 0 Å². The van der Waals surface area contributed by atoms with Gasteiger partial charge in [0.2, 0.25) is 0 Å². The van der Waals surface area contributed by atoms with Crippen LogP contribution in [0.25, 0.3) is 22.5 Å². The molecule has 0 saturated carbocycles. The minimum absolute atomic E-state index is 0.178. The van der Waals surface area contributed by atoms with Gasteiger partial charge in [-0.1, -0.05) is 54.6 Å². The monoisotopic (exact) mass is 276 g/mol. The number of hydrogen-bond acceptors (Lipinski definition) is 2. The van der Waals surface area contributed by atoms with Crippen LogP contribution >= 0.6 is 0 Å². The normalized spacial score (nSPS) is 15.8. The molecule has 0 radical (unpaired) electrons. The van der Waals surface area contributed by atoms with Crippen LogP contribution in [0.5, 0.6) is 0 Å². The van der Waals surface area contributed by atoms with E-state index in [9.17, 15) is 5.11 Å². The average Bonchev–Trinajstić information content (AvgIpc) is 3.09. The molecule has 3 nitrogen and oxygen atoms in total. The standard InChI is InChI=1S/C18H16N2O/c21-11-10-16-14-8-4-5-9-15(14)18-17(19-12-20(16)18)13-6-2-1-3-7-13/h1-9,12,16,21H,10-11H2. The minimum Gasteiger partial charge on any atom is -0.396 e. The summed E-state index contributed by atoms with van der Waals surface area (Å²) in [6, 6.07) is 18.9. The van der Waals surface area contributed by atoms with Gasteiger partial charge in [-0.05, 0) is 12.0 Å². The third-order valence-corrected chi connectivity index (χ3v) is 4.15. The van der Waals surface area contributed by atoms with Gasteiger partial charge < -0.3 is 9.67 Å². The molecule has 0 saturated heterocycles. The Balaban J connectivity index is 1.94. The van der Waals surface area contributed by atoms with Crippen molar-refractivity contribution in [1.82, 2.24) is 9.55 Å². The molecule has 4 rings (SSSR count). The smallest absolute Gasteiger partial charge is 0.0964 e. The summed E-state index contributed by atoms with van der Waals surface area (Å²) < 4.78 is 2.20. The third kappa shape index (κ3) is 1.82. The predicted molar refractivity (Wildman–Crippen MR) is 82.9 cm³/mol. The predicted octanol–water partition coefficient (Wildman–Crippen LogP) is 3.50. The Morgan fingerprint density at radius 2 is 1.76 bits per heavy atom. The van der Waals surface area contributed by atoms with E-state index in [4.69, 9.17) is 0 Å². The number of fused-ring (bicyclic) bond motifs is 3. The molecular weight excluding hydrogens is 260 g/mol. The largest absolute Gasteiger partial charge is 0.396 e. The molecule has 1 aliphatic rings. The van der Waals surface area contributed by atoms with Gasteiger partial charge in [0.1, 0.15) is 0 Å². The molecule has 21 heavy (non-hydrogen) atoms. The number of aromatic nitrogens is 2. The Hall–Kier alpha value is -2.39. The second-order valence-corrected chi connectivity index (χ2v) is 5.33. The summed E-state index contributed by atoms with van der Waals surface area (Å²) in [6.45, 7) is 0.178. The number of aliphatic hydroxyl groups is 1. The fourth-order valence-corrected chi connectivity index (χ4v) is 3.24. The highest BCUT2D eigenvalue weighted by atomic mass is 16.3. The first-order valence-electron chi connectivity index (χ1n) is 7.22. The Labute approximate surface area is 123 Å². The van der Waals surface area contributed by atoms with Gasteiger partial charge in [0.05, 0.1) is 23.8 Å². The molecule has 3 heteroatoms. The highest BCUT2D eigenvalue weighted by Crippen LogP contribution is 2.44. The highest BCUT2D eigenvalue weighted by molar-refractivity contribution is 5.83. The van der Waals surface area contributed by atoms with Crippen molar-refractivity contribution < 1.29 is 5.11 Å². The van der Waals surface area contributed by atoms with E-state index in [1.807, 2.05) is 24.5 Å². The molecular formula is C18H16N2O. The number of nitrogens with zero attached hydrogens (tertiary/aromatic N) is 2. The van der Waals surface area contributed by atoms with Crippen LogP contribution in [0.2, 0.25) is 0 Å². The van der Waals surface area contributed by atoms with Crippen LogP contribution in [0.1, 0.15) is 18.0 Å². The van der Waals surface area contributed by atoms with Crippen molar-refractivity contribution in [2.75, 3.05) is 6.61 Å². The molecule has 1 N–H and O–H groups in total. The summed E-state index contributed by atoms with van der Waals surface area (Å²) in [4.78, 5) is 4.62. The van der Waals surface area contributed by atoms with Crippen LogP contribution in [0, 0.1) is 0 Å². The van der Waals surface area contributed by atoms with Gasteiger partial charge in [-0.25, -0.2) is 4.98 Å². The lowest BCUT2D eigenvalue weighted by Crippen LogP contribution is -2.06. The maximum absolute atomic E-state index is 9.37. The second-order valence-electron chi connectivity index (χ2n) is 5.33. The quantitative estimate of drug-likeness (QED) is 0.795. The van der Waals surface area contributed by atoms with Gasteiger partial charge in [-0.3, -0.25) is 0 Å². The summed E-state index contributed by atoms with van der Waals surface area (Å²) in [5.41, 5.74) is 5.82. The van der Waals surface area contributed by atoms with Crippen molar-refractivity contribution in [3.8, 4) is 22.5 Å². The molecule has 0 spiro atoms. The Morgan fingerprint density at radius 3 is 2.57 bits per heavy atom. The number of hydrogen-bond donors (Lipinski definition) is 1. The first-order chi connectivity index (χ1) is 10.4. The SMILES string of the molecule is OCCC1c2ccccc2-c2c(-c3ccccc3)ncn21. The lowest BCUT2D eigenvalue weighted by atomic mass is 9.99. The molecule has 0 aliphatic carbocycles. The molecule has 0 bridgehead atoms. The van der Waals surface area contributed by atoms with Crippen LogP contribution in [0.3, 0.4) is 0 Å². The van der Waals surface area contributed by atoms with E-state index in [1.54, 1.807) is 0 Å². The minimum atomic E-state index is 0.178. The molecule has 2 heterocycles. The van der Waals surface area contributed by atoms with Gasteiger partial charge in [0.25, 0.3) is 0 Å². The zero-order valence-corrected chi connectivity index (χ0v) is 11.6. The molecule has 2 aromatic carbocycles. The molecule has 3 aromatic rings. The molecule has 1 aromatic heterocycles. The molecule has 1 atom stereocenters. The van der Waals surface area contributed by atoms with Gasteiger partial charge in [0, 0.05) is 17.7 Å². The first-order valence-corrected chi connectivity index (χ1v) is 7.22. The van der Waals surface area contributed by atoms with Crippen molar-refractivity contribution >= 4 is 0 Å². The lowest BCUT2D eigenvalue weighted by Gasteiger charge is -2.12. The Bertz CT molecular complexity index is 777. The first kappa shape index (κ1) is 12.4. The highest BCUT2D eigenvalue weighted by Gasteiger charge is 2.30. The molecule has 1 aliphatic heterocycles. The van der Waals surface area contributed by atoms with E-state index in [2.05, 4.69) is 45.9 Å². The topological polar surface area (TPSA) is 38.1 Å². The summed E-state index contributed by atoms with van der Waals surface area (Å²) in [6.07, 6.45) is 2.62. The average molecular weight is 276 g/mol. The third-order valence-electron chi connectivity index (χ3n) is 4.15. The number of rotatable bonds is 3. The lowest BCUT2D eigenvalue weighted by molar-refractivity contribution is 0.270. The van der Waals surface area contributed by atoms with E-state index in [0.717, 1.165) is 17.0 Å². The Morgan fingerprint density at radius 1 is 1.00 bits per heavy atom. The van der Waals surface area contributed by atoms with E-state index in [0.29, 0.717) is 6.42 Å². The van der Waals surface area contributed by atoms with Crippen molar-refractivity contribution in [1.29, 1.82) is 0 Å². The van der Waals surface area contributed by atoms with Gasteiger partial charge in [-0.15, -0.1) is 0 Å². The van der Waals surface area contributed by atoms with Crippen molar-refractivity contribution in [3.05, 3.63) is 66.5 Å². The number of imidazole rings is 1. The van der Waals surface area contributed by atoms with E-state index < -0.39 is 0 Å². The zero-order valence-electron chi connectivity index (χ0n) is 11.6. The summed E-state index contributed by atoms with van der Waals surface area (Å²) in [5.74, 6) is 0. The fraction of sp³-hybridized carbons (Fsp3) is 0.167. The molecule has 104 valence electrons. The van der Waals surface area contributed by atoms with Gasteiger partial charge in [-0.2, -0.15) is 0 Å². The van der Waals surface area contributed by atoms with Crippen LogP contribution in [0.15, 0.2) is 60.9 Å². The number of aliphatic hydroxyl groups excluding tert-OH is 1. The van der Waals surface area contributed by atoms with E-state index in [1.165, 1.54) is 11.1 Å². The van der Waals surface area contributed by atoms with Crippen LogP contribution in [-0.2, 0) is 0 Å². The van der Waals surface area contributed by atoms with E-state index >= 15 is 0 Å². The van der Waals surface area contributed by atoms with Crippen LogP contribution < -0.4 is 0 Å². The summed E-state index contributed by atoms with van der Waals surface area (Å²) in [7, 11) is 0. The van der Waals surface area contributed by atoms with Crippen molar-refractivity contribution in [2.45, 2.75) is 12.5 Å². The molecule has 1 unspecified atom stereocenters. The summed E-state index contributed by atoms with van der Waals surface area (Å²) >= 11 is 0. The summed E-state index contributed by atoms with van der Waals surface area (Å²) in [5, 5.41) is 9.37. The fourth-order valence-electron chi connectivity index (χ4n) is 3.24. The van der Waals surface area contributed by atoms with Crippen molar-refractivity contribution in [3.63, 3.8) is 0 Å². The van der Waals surface area contributed by atoms with Crippen molar-refractivity contribution in [2.24, 2.45) is 0 Å². The van der Waals surface area contributed by atoms with Crippen LogP contribution in [-0.4, -0.2) is 21.3 Å². The zero-order chi connectivity index (χ0) is 14.2. The number of benzene rings is 2. The second kappa shape index (κ2) is 4.86. The van der Waals surface area contributed by atoms with Gasteiger partial charge in [0.15, 0.2) is 0 Å². The molecule has 0 amide bonds. The molecule has 0 fully saturated rings.